The zero-order valence-electron chi connectivity index (χ0n) is 12.8. The molecule has 0 atom stereocenters. The Kier molecular flexibility index (Phi) is 9.11. The Morgan fingerprint density at radius 2 is 1.85 bits per heavy atom. The molecule has 5 nitrogen and oxygen atoms in total. The number of nitrogens with one attached hydrogen (secondary N) is 1. The third kappa shape index (κ3) is 6.93. The predicted octanol–water partition coefficient (Wildman–Crippen LogP) is 3.76. The number of hydrogen-bond donors (Lipinski definition) is 1. The molecule has 0 aliphatic carbocycles. The molecule has 0 aliphatic heterocycles. The Labute approximate surface area is 126 Å². The number of hydrogen-bond acceptors (Lipinski definition) is 6. The van der Waals surface area contributed by atoms with Crippen molar-refractivity contribution in [2.75, 3.05) is 24.2 Å². The van der Waals surface area contributed by atoms with Gasteiger partial charge < -0.3 is 10.1 Å². The van der Waals surface area contributed by atoms with E-state index in [0.717, 1.165) is 30.3 Å². The molecule has 0 amide bonds. The zero-order chi connectivity index (χ0) is 14.6. The monoisotopic (exact) mass is 298 g/mol. The molecular weight excluding hydrogens is 272 g/mol. The molecule has 0 aliphatic rings. The Morgan fingerprint density at radius 1 is 1.00 bits per heavy atom. The van der Waals surface area contributed by atoms with Gasteiger partial charge in [0, 0.05) is 12.3 Å². The Morgan fingerprint density at radius 3 is 2.55 bits per heavy atom. The normalized spacial score (nSPS) is 10.6. The van der Waals surface area contributed by atoms with Crippen LogP contribution < -0.4 is 10.1 Å². The summed E-state index contributed by atoms with van der Waals surface area (Å²) in [5.41, 5.74) is 0. The molecule has 1 N–H and O–H groups in total. The van der Waals surface area contributed by atoms with Gasteiger partial charge >= 0.3 is 6.01 Å². The van der Waals surface area contributed by atoms with Crippen LogP contribution in [0.25, 0.3) is 0 Å². The molecule has 114 valence electrons. The van der Waals surface area contributed by atoms with Crippen molar-refractivity contribution in [3.8, 4) is 6.01 Å². The van der Waals surface area contributed by atoms with Crippen LogP contribution in [0.5, 0.6) is 6.01 Å². The van der Waals surface area contributed by atoms with E-state index in [1.54, 1.807) is 11.8 Å². The molecule has 0 spiro atoms. The van der Waals surface area contributed by atoms with Crippen molar-refractivity contribution >= 4 is 17.7 Å². The first-order valence-corrected chi connectivity index (χ1v) is 8.54. The number of nitrogens with zero attached hydrogens (tertiary/aromatic N) is 3. The number of aromatic nitrogens is 3. The summed E-state index contributed by atoms with van der Waals surface area (Å²) in [6, 6.07) is 0.429. The van der Waals surface area contributed by atoms with E-state index in [1.807, 2.05) is 0 Å². The summed E-state index contributed by atoms with van der Waals surface area (Å²) in [4.78, 5) is 13.1. The summed E-state index contributed by atoms with van der Waals surface area (Å²) >= 11 is 1.67. The van der Waals surface area contributed by atoms with Gasteiger partial charge in [0.05, 0.1) is 6.61 Å². The highest BCUT2D eigenvalue weighted by molar-refractivity contribution is 7.99. The number of ether oxygens (including phenoxy) is 1. The van der Waals surface area contributed by atoms with Crippen LogP contribution in [0.4, 0.5) is 5.95 Å². The molecular formula is C14H26N4OS. The smallest absolute Gasteiger partial charge is 0.322 e. The van der Waals surface area contributed by atoms with Gasteiger partial charge in [0.15, 0.2) is 5.16 Å². The zero-order valence-corrected chi connectivity index (χ0v) is 13.6. The van der Waals surface area contributed by atoms with E-state index in [1.165, 1.54) is 19.3 Å². The maximum atomic E-state index is 5.53. The van der Waals surface area contributed by atoms with Crippen LogP contribution in [0.2, 0.25) is 0 Å². The second-order valence-corrected chi connectivity index (χ2v) is 5.62. The van der Waals surface area contributed by atoms with Gasteiger partial charge in [-0.25, -0.2) is 0 Å². The van der Waals surface area contributed by atoms with Crippen LogP contribution in [-0.4, -0.2) is 33.9 Å². The van der Waals surface area contributed by atoms with Gasteiger partial charge in [-0.05, 0) is 19.3 Å². The predicted molar refractivity (Wildman–Crippen MR) is 84.6 cm³/mol. The Hall–Kier alpha value is -1.04. The second-order valence-electron chi connectivity index (χ2n) is 4.55. The SMILES string of the molecule is CCCCCSc1nc(NCCC)nc(OCCC)n1. The van der Waals surface area contributed by atoms with Crippen LogP contribution in [0.15, 0.2) is 5.16 Å². The summed E-state index contributed by atoms with van der Waals surface area (Å²) < 4.78 is 5.53. The van der Waals surface area contributed by atoms with E-state index in [4.69, 9.17) is 4.74 Å². The van der Waals surface area contributed by atoms with Gasteiger partial charge in [0.25, 0.3) is 0 Å². The molecule has 0 aromatic carbocycles. The van der Waals surface area contributed by atoms with Gasteiger partial charge in [-0.15, -0.1) is 0 Å². The van der Waals surface area contributed by atoms with Gasteiger partial charge in [-0.1, -0.05) is 45.4 Å². The molecule has 1 aromatic heterocycles. The number of thioether (sulfide) groups is 1. The lowest BCUT2D eigenvalue weighted by Gasteiger charge is -2.08. The standard InChI is InChI=1S/C14H26N4OS/c1-4-7-8-11-20-14-17-12(15-9-5-2)16-13(18-14)19-10-6-3/h4-11H2,1-3H3,(H,15,16,17,18). The van der Waals surface area contributed by atoms with E-state index >= 15 is 0 Å². The van der Waals surface area contributed by atoms with Crippen molar-refractivity contribution in [1.29, 1.82) is 0 Å². The number of unbranched alkanes of at least 4 members (excludes halogenated alkanes) is 2. The maximum absolute atomic E-state index is 5.53. The highest BCUT2D eigenvalue weighted by Crippen LogP contribution is 2.19. The fourth-order valence-corrected chi connectivity index (χ4v) is 2.32. The summed E-state index contributed by atoms with van der Waals surface area (Å²) in [7, 11) is 0. The summed E-state index contributed by atoms with van der Waals surface area (Å²) in [5.74, 6) is 1.66. The molecule has 20 heavy (non-hydrogen) atoms. The minimum Gasteiger partial charge on any atom is -0.463 e. The van der Waals surface area contributed by atoms with Crippen LogP contribution in [-0.2, 0) is 0 Å². The van der Waals surface area contributed by atoms with Crippen molar-refractivity contribution in [2.45, 2.75) is 58.0 Å². The minimum absolute atomic E-state index is 0.429. The Balaban J connectivity index is 2.64. The van der Waals surface area contributed by atoms with Crippen LogP contribution in [0.3, 0.4) is 0 Å². The summed E-state index contributed by atoms with van der Waals surface area (Å²) in [5, 5.41) is 3.95. The molecule has 1 heterocycles. The molecule has 0 radical (unpaired) electrons. The van der Waals surface area contributed by atoms with Crippen molar-refractivity contribution in [2.24, 2.45) is 0 Å². The fourth-order valence-electron chi connectivity index (χ4n) is 1.49. The first-order chi connectivity index (χ1) is 9.80. The number of rotatable bonds is 11. The quantitative estimate of drug-likeness (QED) is 0.496. The van der Waals surface area contributed by atoms with Crippen molar-refractivity contribution < 1.29 is 4.74 Å². The average Bonchev–Trinajstić information content (AvgIpc) is 2.47. The highest BCUT2D eigenvalue weighted by atomic mass is 32.2. The lowest BCUT2D eigenvalue weighted by molar-refractivity contribution is 0.288. The van der Waals surface area contributed by atoms with Crippen LogP contribution in [0, 0.1) is 0 Å². The molecule has 0 fully saturated rings. The average molecular weight is 298 g/mol. The first-order valence-electron chi connectivity index (χ1n) is 7.55. The van der Waals surface area contributed by atoms with E-state index in [2.05, 4.69) is 41.0 Å². The molecule has 0 saturated carbocycles. The van der Waals surface area contributed by atoms with E-state index < -0.39 is 0 Å². The summed E-state index contributed by atoms with van der Waals surface area (Å²) in [6.07, 6.45) is 5.65. The Bertz CT molecular complexity index is 350. The van der Waals surface area contributed by atoms with E-state index in [-0.39, 0.29) is 0 Å². The molecule has 0 bridgehead atoms. The van der Waals surface area contributed by atoms with Crippen molar-refractivity contribution in [1.82, 2.24) is 15.0 Å². The number of anilines is 1. The first kappa shape index (κ1) is 17.0. The van der Waals surface area contributed by atoms with Gasteiger partial charge in [0.1, 0.15) is 0 Å². The van der Waals surface area contributed by atoms with Crippen molar-refractivity contribution in [3.63, 3.8) is 0 Å². The third-order valence-electron chi connectivity index (χ3n) is 2.54. The summed E-state index contributed by atoms with van der Waals surface area (Å²) in [6.45, 7) is 7.88. The fraction of sp³-hybridized carbons (Fsp3) is 0.786. The molecule has 0 saturated heterocycles. The van der Waals surface area contributed by atoms with Crippen molar-refractivity contribution in [3.05, 3.63) is 0 Å². The molecule has 6 heteroatoms. The van der Waals surface area contributed by atoms with Crippen LogP contribution >= 0.6 is 11.8 Å². The topological polar surface area (TPSA) is 59.9 Å². The van der Waals surface area contributed by atoms with Gasteiger partial charge in [0.2, 0.25) is 5.95 Å². The lowest BCUT2D eigenvalue weighted by Crippen LogP contribution is -2.09. The molecule has 1 rings (SSSR count). The van der Waals surface area contributed by atoms with Crippen LogP contribution in [0.1, 0.15) is 52.9 Å². The third-order valence-corrected chi connectivity index (χ3v) is 3.48. The molecule has 0 unspecified atom stereocenters. The highest BCUT2D eigenvalue weighted by Gasteiger charge is 2.07. The second kappa shape index (κ2) is 10.7. The largest absolute Gasteiger partial charge is 0.463 e. The molecule has 1 aromatic rings. The van der Waals surface area contributed by atoms with Gasteiger partial charge in [-0.3, -0.25) is 0 Å². The van der Waals surface area contributed by atoms with E-state index in [9.17, 15) is 0 Å². The lowest BCUT2D eigenvalue weighted by atomic mass is 10.3. The maximum Gasteiger partial charge on any atom is 0.322 e. The van der Waals surface area contributed by atoms with Gasteiger partial charge in [-0.2, -0.15) is 15.0 Å². The minimum atomic E-state index is 0.429. The van der Waals surface area contributed by atoms with E-state index in [0.29, 0.717) is 18.6 Å².